The number of anilines is 1. The molecule has 1 aliphatic carbocycles. The summed E-state index contributed by atoms with van der Waals surface area (Å²) < 4.78 is 43.9. The predicted molar refractivity (Wildman–Crippen MR) is 91.7 cm³/mol. The van der Waals surface area contributed by atoms with E-state index in [1.165, 1.54) is 17.4 Å². The zero-order chi connectivity index (χ0) is 18.9. The lowest BCUT2D eigenvalue weighted by Crippen LogP contribution is -2.22. The van der Waals surface area contributed by atoms with E-state index < -0.39 is 35.9 Å². The standard InChI is InChI=1S/C17H13ClF3NO3S/c18-10-4-5-12(11(7-10)17(19,20)21)22-15(23)8-25-16(24)14-6-9-2-1-3-13(9)26-14/h4-7H,1-3,8H2,(H,22,23). The van der Waals surface area contributed by atoms with Gasteiger partial charge in [0.05, 0.1) is 11.3 Å². The average Bonchev–Trinajstić information content (AvgIpc) is 3.15. The highest BCUT2D eigenvalue weighted by Crippen LogP contribution is 2.36. The van der Waals surface area contributed by atoms with E-state index in [1.807, 2.05) is 0 Å². The van der Waals surface area contributed by atoms with Crippen molar-refractivity contribution in [2.24, 2.45) is 0 Å². The molecule has 0 radical (unpaired) electrons. The molecule has 138 valence electrons. The molecule has 0 spiro atoms. The molecule has 0 saturated carbocycles. The molecule has 2 aromatic rings. The Labute approximate surface area is 155 Å². The summed E-state index contributed by atoms with van der Waals surface area (Å²) in [6.45, 7) is -0.679. The van der Waals surface area contributed by atoms with Crippen LogP contribution in [0.5, 0.6) is 0 Å². The fraction of sp³-hybridized carbons (Fsp3) is 0.294. The molecule has 1 N–H and O–H groups in total. The van der Waals surface area contributed by atoms with Crippen molar-refractivity contribution in [1.29, 1.82) is 0 Å². The van der Waals surface area contributed by atoms with Crippen molar-refractivity contribution in [2.75, 3.05) is 11.9 Å². The molecule has 3 rings (SSSR count). The molecule has 9 heteroatoms. The summed E-state index contributed by atoms with van der Waals surface area (Å²) in [4.78, 5) is 25.4. The second-order valence-corrected chi connectivity index (χ2v) is 7.30. The van der Waals surface area contributed by atoms with Gasteiger partial charge in [0.15, 0.2) is 6.61 Å². The molecule has 1 amide bonds. The Balaban J connectivity index is 1.61. The number of carbonyl (C=O) groups is 2. The van der Waals surface area contributed by atoms with Crippen molar-refractivity contribution in [3.8, 4) is 0 Å². The molecule has 1 aliphatic rings. The first kappa shape index (κ1) is 18.7. The number of rotatable bonds is 4. The summed E-state index contributed by atoms with van der Waals surface area (Å²) in [5.41, 5.74) is -0.403. The van der Waals surface area contributed by atoms with Gasteiger partial charge in [-0.1, -0.05) is 11.6 Å². The third kappa shape index (κ3) is 4.19. The van der Waals surface area contributed by atoms with Gasteiger partial charge in [-0.25, -0.2) is 4.79 Å². The molecule has 1 heterocycles. The number of ether oxygens (including phenoxy) is 1. The van der Waals surface area contributed by atoms with Crippen LogP contribution in [0.25, 0.3) is 0 Å². The van der Waals surface area contributed by atoms with Gasteiger partial charge >= 0.3 is 12.1 Å². The van der Waals surface area contributed by atoms with E-state index in [4.69, 9.17) is 16.3 Å². The molecule has 0 aliphatic heterocycles. The average molecular weight is 404 g/mol. The second-order valence-electron chi connectivity index (χ2n) is 5.72. The van der Waals surface area contributed by atoms with Gasteiger partial charge in [-0.15, -0.1) is 11.3 Å². The Morgan fingerprint density at radius 2 is 2.00 bits per heavy atom. The Morgan fingerprint density at radius 3 is 2.69 bits per heavy atom. The lowest BCUT2D eigenvalue weighted by molar-refractivity contribution is -0.137. The molecule has 0 saturated heterocycles. The summed E-state index contributed by atoms with van der Waals surface area (Å²) in [7, 11) is 0. The largest absolute Gasteiger partial charge is 0.451 e. The summed E-state index contributed by atoms with van der Waals surface area (Å²) in [6, 6.07) is 4.74. The first-order valence-electron chi connectivity index (χ1n) is 7.69. The summed E-state index contributed by atoms with van der Waals surface area (Å²) in [5, 5.41) is 1.99. The number of fused-ring (bicyclic) bond motifs is 1. The van der Waals surface area contributed by atoms with Crippen LogP contribution in [-0.2, 0) is 28.5 Å². The number of carbonyl (C=O) groups excluding carboxylic acids is 2. The summed E-state index contributed by atoms with van der Waals surface area (Å²) >= 11 is 6.90. The fourth-order valence-electron chi connectivity index (χ4n) is 2.68. The second kappa shape index (κ2) is 7.28. The molecule has 1 aromatic heterocycles. The first-order valence-corrected chi connectivity index (χ1v) is 8.89. The number of aryl methyl sites for hydroxylation is 2. The highest BCUT2D eigenvalue weighted by Gasteiger charge is 2.34. The maximum atomic E-state index is 13.0. The molecule has 0 atom stereocenters. The molecule has 1 aromatic carbocycles. The first-order chi connectivity index (χ1) is 12.2. The Bertz CT molecular complexity index is 842. The molecular weight excluding hydrogens is 391 g/mol. The quantitative estimate of drug-likeness (QED) is 0.752. The number of nitrogens with one attached hydrogen (secondary N) is 1. The van der Waals surface area contributed by atoms with E-state index in [0.717, 1.165) is 41.8 Å². The van der Waals surface area contributed by atoms with Crippen molar-refractivity contribution in [3.63, 3.8) is 0 Å². The lowest BCUT2D eigenvalue weighted by Gasteiger charge is -2.14. The van der Waals surface area contributed by atoms with Gasteiger partial charge in [0.25, 0.3) is 5.91 Å². The van der Waals surface area contributed by atoms with Crippen LogP contribution in [-0.4, -0.2) is 18.5 Å². The van der Waals surface area contributed by atoms with E-state index in [-0.39, 0.29) is 5.02 Å². The summed E-state index contributed by atoms with van der Waals surface area (Å²) in [5.74, 6) is -1.53. The number of amides is 1. The van der Waals surface area contributed by atoms with Gasteiger partial charge in [-0.2, -0.15) is 13.2 Å². The van der Waals surface area contributed by atoms with Gasteiger partial charge in [-0.3, -0.25) is 4.79 Å². The van der Waals surface area contributed by atoms with E-state index in [1.54, 1.807) is 6.07 Å². The molecule has 0 bridgehead atoms. The van der Waals surface area contributed by atoms with E-state index in [9.17, 15) is 22.8 Å². The zero-order valence-electron chi connectivity index (χ0n) is 13.3. The Kier molecular flexibility index (Phi) is 5.24. The van der Waals surface area contributed by atoms with Crippen LogP contribution in [0.3, 0.4) is 0 Å². The van der Waals surface area contributed by atoms with Crippen LogP contribution in [0.4, 0.5) is 18.9 Å². The number of benzene rings is 1. The molecule has 0 fully saturated rings. The highest BCUT2D eigenvalue weighted by molar-refractivity contribution is 7.14. The van der Waals surface area contributed by atoms with Crippen LogP contribution >= 0.6 is 22.9 Å². The molecule has 0 unspecified atom stereocenters. The number of hydrogen-bond acceptors (Lipinski definition) is 4. The highest BCUT2D eigenvalue weighted by atomic mass is 35.5. The smallest absolute Gasteiger partial charge is 0.418 e. The Hall–Kier alpha value is -2.06. The number of hydrogen-bond donors (Lipinski definition) is 1. The van der Waals surface area contributed by atoms with Gasteiger partial charge in [0.2, 0.25) is 0 Å². The van der Waals surface area contributed by atoms with Crippen molar-refractivity contribution in [2.45, 2.75) is 25.4 Å². The van der Waals surface area contributed by atoms with E-state index in [2.05, 4.69) is 5.32 Å². The van der Waals surface area contributed by atoms with Crippen molar-refractivity contribution < 1.29 is 27.5 Å². The molecular formula is C17H13ClF3NO3S. The van der Waals surface area contributed by atoms with E-state index >= 15 is 0 Å². The van der Waals surface area contributed by atoms with E-state index in [0.29, 0.717) is 4.88 Å². The Morgan fingerprint density at radius 1 is 1.23 bits per heavy atom. The number of thiophene rings is 1. The third-order valence-corrected chi connectivity index (χ3v) is 5.30. The minimum Gasteiger partial charge on any atom is -0.451 e. The lowest BCUT2D eigenvalue weighted by atomic mass is 10.1. The number of esters is 1. The maximum Gasteiger partial charge on any atom is 0.418 e. The number of halogens is 4. The van der Waals surface area contributed by atoms with Crippen molar-refractivity contribution in [1.82, 2.24) is 0 Å². The normalized spacial score (nSPS) is 13.4. The van der Waals surface area contributed by atoms with Crippen LogP contribution < -0.4 is 5.32 Å². The van der Waals surface area contributed by atoms with Crippen LogP contribution in [0.15, 0.2) is 24.3 Å². The minimum atomic E-state index is -4.68. The topological polar surface area (TPSA) is 55.4 Å². The monoisotopic (exact) mass is 403 g/mol. The maximum absolute atomic E-state index is 13.0. The molecule has 4 nitrogen and oxygen atoms in total. The molecule has 26 heavy (non-hydrogen) atoms. The fourth-order valence-corrected chi connectivity index (χ4v) is 4.00. The minimum absolute atomic E-state index is 0.104. The van der Waals surface area contributed by atoms with Crippen LogP contribution in [0.1, 0.15) is 32.1 Å². The van der Waals surface area contributed by atoms with Gasteiger partial charge in [0, 0.05) is 9.90 Å². The van der Waals surface area contributed by atoms with Crippen molar-refractivity contribution in [3.05, 3.63) is 50.2 Å². The van der Waals surface area contributed by atoms with Gasteiger partial charge < -0.3 is 10.1 Å². The van der Waals surface area contributed by atoms with Crippen LogP contribution in [0.2, 0.25) is 5.02 Å². The van der Waals surface area contributed by atoms with Gasteiger partial charge in [-0.05, 0) is 49.1 Å². The third-order valence-electron chi connectivity index (χ3n) is 3.84. The van der Waals surface area contributed by atoms with Crippen LogP contribution in [0, 0.1) is 0 Å². The van der Waals surface area contributed by atoms with Gasteiger partial charge in [0.1, 0.15) is 4.88 Å². The SMILES string of the molecule is O=C(COC(=O)c1cc2c(s1)CCC2)Nc1ccc(Cl)cc1C(F)(F)F. The van der Waals surface area contributed by atoms with Crippen molar-refractivity contribution >= 4 is 40.5 Å². The summed E-state index contributed by atoms with van der Waals surface area (Å²) in [6.07, 6.45) is -1.79. The zero-order valence-corrected chi connectivity index (χ0v) is 14.9. The predicted octanol–water partition coefficient (Wildman–Crippen LogP) is 4.70. The number of alkyl halides is 3.